The molecule has 72 valence electrons. The standard InChI is InChI=1S/C9H19NOS/c1-12-7-3-6-10-8-4-2-5-9(8)11/h8-11H,2-7H2,1H3. The number of thioether (sulfide) groups is 1. The molecule has 0 aromatic carbocycles. The van der Waals surface area contributed by atoms with Gasteiger partial charge in [0.2, 0.25) is 0 Å². The Hall–Kier alpha value is 0.270. The number of aliphatic hydroxyl groups is 1. The van der Waals surface area contributed by atoms with Crippen molar-refractivity contribution in [2.24, 2.45) is 0 Å². The van der Waals surface area contributed by atoms with Crippen molar-refractivity contribution in [2.75, 3.05) is 18.6 Å². The van der Waals surface area contributed by atoms with Crippen LogP contribution in [0, 0.1) is 0 Å². The molecule has 2 unspecified atom stereocenters. The smallest absolute Gasteiger partial charge is 0.0693 e. The summed E-state index contributed by atoms with van der Waals surface area (Å²) in [4.78, 5) is 0. The van der Waals surface area contributed by atoms with Gasteiger partial charge in [-0.05, 0) is 44.2 Å². The fourth-order valence-corrected chi connectivity index (χ4v) is 2.12. The summed E-state index contributed by atoms with van der Waals surface area (Å²) >= 11 is 1.88. The van der Waals surface area contributed by atoms with Gasteiger partial charge in [-0.15, -0.1) is 0 Å². The highest BCUT2D eigenvalue weighted by Gasteiger charge is 2.23. The molecule has 1 aliphatic carbocycles. The summed E-state index contributed by atoms with van der Waals surface area (Å²) in [5, 5.41) is 12.9. The van der Waals surface area contributed by atoms with E-state index in [4.69, 9.17) is 0 Å². The summed E-state index contributed by atoms with van der Waals surface area (Å²) in [6.45, 7) is 1.06. The zero-order valence-corrected chi connectivity index (χ0v) is 8.57. The SMILES string of the molecule is CSCCCNC1CCCC1O. The number of rotatable bonds is 5. The largest absolute Gasteiger partial charge is 0.392 e. The van der Waals surface area contributed by atoms with Crippen LogP contribution in [0.3, 0.4) is 0 Å². The van der Waals surface area contributed by atoms with Gasteiger partial charge in [0.1, 0.15) is 0 Å². The summed E-state index contributed by atoms with van der Waals surface area (Å²) in [5.74, 6) is 1.22. The summed E-state index contributed by atoms with van der Waals surface area (Å²) in [6, 6.07) is 0.381. The first-order valence-electron chi connectivity index (χ1n) is 4.75. The second-order valence-corrected chi connectivity index (χ2v) is 4.39. The van der Waals surface area contributed by atoms with E-state index < -0.39 is 0 Å². The third-order valence-electron chi connectivity index (χ3n) is 2.41. The number of aliphatic hydroxyl groups excluding tert-OH is 1. The Bertz CT molecular complexity index is 121. The van der Waals surface area contributed by atoms with Gasteiger partial charge in [0.05, 0.1) is 6.10 Å². The zero-order valence-electron chi connectivity index (χ0n) is 7.75. The lowest BCUT2D eigenvalue weighted by atomic mass is 10.2. The van der Waals surface area contributed by atoms with E-state index in [2.05, 4.69) is 11.6 Å². The Morgan fingerprint density at radius 2 is 2.33 bits per heavy atom. The third kappa shape index (κ3) is 3.33. The van der Waals surface area contributed by atoms with Crippen molar-refractivity contribution in [3.8, 4) is 0 Å². The molecule has 2 atom stereocenters. The van der Waals surface area contributed by atoms with Crippen LogP contribution in [0.5, 0.6) is 0 Å². The second-order valence-electron chi connectivity index (χ2n) is 3.41. The minimum Gasteiger partial charge on any atom is -0.392 e. The molecule has 0 heterocycles. The van der Waals surface area contributed by atoms with Crippen LogP contribution in [0.2, 0.25) is 0 Å². The van der Waals surface area contributed by atoms with Gasteiger partial charge in [-0.3, -0.25) is 0 Å². The van der Waals surface area contributed by atoms with Crippen molar-refractivity contribution in [3.05, 3.63) is 0 Å². The van der Waals surface area contributed by atoms with Crippen LogP contribution < -0.4 is 5.32 Å². The summed E-state index contributed by atoms with van der Waals surface area (Å²) in [6.07, 6.45) is 6.58. The average Bonchev–Trinajstić information content (AvgIpc) is 2.46. The zero-order chi connectivity index (χ0) is 8.81. The van der Waals surface area contributed by atoms with E-state index >= 15 is 0 Å². The Labute approximate surface area is 79.1 Å². The first-order chi connectivity index (χ1) is 5.84. The quantitative estimate of drug-likeness (QED) is 0.638. The van der Waals surface area contributed by atoms with Crippen molar-refractivity contribution < 1.29 is 5.11 Å². The Morgan fingerprint density at radius 3 is 2.92 bits per heavy atom. The minimum absolute atomic E-state index is 0.0840. The number of hydrogen-bond acceptors (Lipinski definition) is 3. The van der Waals surface area contributed by atoms with E-state index in [1.807, 2.05) is 11.8 Å². The molecule has 1 saturated carbocycles. The maximum absolute atomic E-state index is 9.48. The van der Waals surface area contributed by atoms with E-state index in [0.717, 1.165) is 19.4 Å². The highest BCUT2D eigenvalue weighted by molar-refractivity contribution is 7.98. The van der Waals surface area contributed by atoms with Crippen molar-refractivity contribution in [2.45, 2.75) is 37.8 Å². The topological polar surface area (TPSA) is 32.3 Å². The van der Waals surface area contributed by atoms with E-state index in [9.17, 15) is 5.11 Å². The van der Waals surface area contributed by atoms with Gasteiger partial charge in [0.15, 0.2) is 0 Å². The summed E-state index contributed by atoms with van der Waals surface area (Å²) in [5.41, 5.74) is 0. The first-order valence-corrected chi connectivity index (χ1v) is 6.14. The van der Waals surface area contributed by atoms with Crippen LogP contribution >= 0.6 is 11.8 Å². The average molecular weight is 189 g/mol. The monoisotopic (exact) mass is 189 g/mol. The lowest BCUT2D eigenvalue weighted by Gasteiger charge is -2.15. The van der Waals surface area contributed by atoms with Crippen LogP contribution in [0.4, 0.5) is 0 Å². The first kappa shape index (κ1) is 10.4. The molecule has 2 N–H and O–H groups in total. The van der Waals surface area contributed by atoms with Gasteiger partial charge in [-0.2, -0.15) is 11.8 Å². The van der Waals surface area contributed by atoms with Crippen LogP contribution in [0.15, 0.2) is 0 Å². The molecule has 0 aromatic heterocycles. The fraction of sp³-hybridized carbons (Fsp3) is 1.00. The van der Waals surface area contributed by atoms with Crippen LogP contribution in [-0.4, -0.2) is 35.8 Å². The minimum atomic E-state index is -0.0840. The van der Waals surface area contributed by atoms with Crippen molar-refractivity contribution in [3.63, 3.8) is 0 Å². The van der Waals surface area contributed by atoms with Gasteiger partial charge in [-0.25, -0.2) is 0 Å². The van der Waals surface area contributed by atoms with Gasteiger partial charge >= 0.3 is 0 Å². The Kier molecular flexibility index (Phi) is 5.04. The normalized spacial score (nSPS) is 29.5. The number of nitrogens with one attached hydrogen (secondary N) is 1. The fourth-order valence-electron chi connectivity index (χ4n) is 1.68. The summed E-state index contributed by atoms with van der Waals surface area (Å²) < 4.78 is 0. The molecule has 0 saturated heterocycles. The van der Waals surface area contributed by atoms with Crippen molar-refractivity contribution in [1.82, 2.24) is 5.32 Å². The van der Waals surface area contributed by atoms with E-state index in [1.165, 1.54) is 18.6 Å². The lowest BCUT2D eigenvalue weighted by Crippen LogP contribution is -2.36. The molecule has 2 nitrogen and oxygen atoms in total. The van der Waals surface area contributed by atoms with Crippen molar-refractivity contribution >= 4 is 11.8 Å². The van der Waals surface area contributed by atoms with Crippen LogP contribution in [0.25, 0.3) is 0 Å². The van der Waals surface area contributed by atoms with Gasteiger partial charge in [0, 0.05) is 6.04 Å². The number of hydrogen-bond donors (Lipinski definition) is 2. The van der Waals surface area contributed by atoms with Gasteiger partial charge in [-0.1, -0.05) is 0 Å². The molecular weight excluding hydrogens is 170 g/mol. The molecule has 0 radical (unpaired) electrons. The molecule has 0 aromatic rings. The maximum atomic E-state index is 9.48. The van der Waals surface area contributed by atoms with Gasteiger partial charge in [0.25, 0.3) is 0 Å². The molecule has 0 amide bonds. The van der Waals surface area contributed by atoms with E-state index in [-0.39, 0.29) is 6.10 Å². The predicted molar refractivity (Wildman–Crippen MR) is 54.6 cm³/mol. The molecule has 0 spiro atoms. The Morgan fingerprint density at radius 1 is 1.50 bits per heavy atom. The molecule has 0 aliphatic heterocycles. The molecular formula is C9H19NOS. The van der Waals surface area contributed by atoms with Crippen LogP contribution in [0.1, 0.15) is 25.7 Å². The molecule has 1 rings (SSSR count). The summed E-state index contributed by atoms with van der Waals surface area (Å²) in [7, 11) is 0. The second kappa shape index (κ2) is 5.84. The Balaban J connectivity index is 1.98. The predicted octanol–water partition coefficient (Wildman–Crippen LogP) is 1.24. The molecule has 0 bridgehead atoms. The highest BCUT2D eigenvalue weighted by Crippen LogP contribution is 2.18. The molecule has 1 aliphatic rings. The highest BCUT2D eigenvalue weighted by atomic mass is 32.2. The lowest BCUT2D eigenvalue weighted by molar-refractivity contribution is 0.149. The third-order valence-corrected chi connectivity index (χ3v) is 3.11. The molecule has 3 heteroatoms. The maximum Gasteiger partial charge on any atom is 0.0693 e. The van der Waals surface area contributed by atoms with E-state index in [1.54, 1.807) is 0 Å². The molecule has 1 fully saturated rings. The molecule has 12 heavy (non-hydrogen) atoms. The van der Waals surface area contributed by atoms with Crippen LogP contribution in [-0.2, 0) is 0 Å². The van der Waals surface area contributed by atoms with E-state index in [0.29, 0.717) is 6.04 Å². The van der Waals surface area contributed by atoms with Gasteiger partial charge < -0.3 is 10.4 Å². The van der Waals surface area contributed by atoms with Crippen molar-refractivity contribution in [1.29, 1.82) is 0 Å².